The number of hydrogen-bond acceptors (Lipinski definition) is 8. The largest absolute Gasteiger partial charge is 0.333 e. The van der Waals surface area contributed by atoms with Gasteiger partial charge >= 0.3 is 6.03 Å². The molecular formula is C17H10ClN5O5S2. The van der Waals surface area contributed by atoms with Gasteiger partial charge in [0, 0.05) is 0 Å². The van der Waals surface area contributed by atoms with Crippen LogP contribution in [0.4, 0.5) is 16.4 Å². The molecule has 1 aliphatic rings. The van der Waals surface area contributed by atoms with Crippen molar-refractivity contribution in [2.75, 3.05) is 10.2 Å². The van der Waals surface area contributed by atoms with E-state index in [1.165, 1.54) is 24.3 Å². The molecule has 1 aromatic carbocycles. The predicted molar refractivity (Wildman–Crippen MR) is 108 cm³/mol. The average Bonchev–Trinajstić information content (AvgIpc) is 3.25. The second-order valence-corrected chi connectivity index (χ2v) is 9.51. The van der Waals surface area contributed by atoms with E-state index >= 15 is 0 Å². The maximum Gasteiger partial charge on any atom is 0.333 e. The monoisotopic (exact) mass is 463 g/mol. The van der Waals surface area contributed by atoms with Crippen LogP contribution in [0.25, 0.3) is 0 Å². The van der Waals surface area contributed by atoms with E-state index in [2.05, 4.69) is 15.3 Å². The zero-order chi connectivity index (χ0) is 21.5. The molecular weight excluding hydrogens is 454 g/mol. The molecule has 0 spiro atoms. The molecule has 13 heteroatoms. The molecule has 4 amide bonds. The minimum atomic E-state index is -4.09. The summed E-state index contributed by atoms with van der Waals surface area (Å²) in [5.41, 5.74) is 0.533. The summed E-state index contributed by atoms with van der Waals surface area (Å²) in [5, 5.41) is 2.26. The van der Waals surface area contributed by atoms with Gasteiger partial charge in [-0.05, 0) is 24.3 Å². The Labute approximate surface area is 178 Å². The Balaban J connectivity index is 1.46. The normalized spacial score (nSPS) is 13.3. The van der Waals surface area contributed by atoms with Crippen LogP contribution in [0.2, 0.25) is 4.34 Å². The Bertz CT molecular complexity index is 1250. The molecule has 2 N–H and O–H groups in total. The summed E-state index contributed by atoms with van der Waals surface area (Å²) in [6.45, 7) is 0. The third kappa shape index (κ3) is 3.63. The minimum absolute atomic E-state index is 0.0484. The first-order chi connectivity index (χ1) is 14.3. The van der Waals surface area contributed by atoms with E-state index in [0.29, 0.717) is 0 Å². The van der Waals surface area contributed by atoms with Crippen molar-refractivity contribution in [1.29, 1.82) is 0 Å². The predicted octanol–water partition coefficient (Wildman–Crippen LogP) is 2.50. The number of anilines is 2. The molecule has 10 nitrogen and oxygen atoms in total. The number of benzene rings is 1. The molecule has 152 valence electrons. The molecule has 1 aliphatic heterocycles. The van der Waals surface area contributed by atoms with Crippen LogP contribution >= 0.6 is 22.9 Å². The Morgan fingerprint density at radius 2 is 1.60 bits per heavy atom. The smallest absolute Gasteiger partial charge is 0.304 e. The van der Waals surface area contributed by atoms with Crippen LogP contribution in [0.1, 0.15) is 20.7 Å². The summed E-state index contributed by atoms with van der Waals surface area (Å²) in [6, 6.07) is 7.94. The number of carbonyl (C=O) groups is 3. The van der Waals surface area contributed by atoms with Crippen LogP contribution in [0.3, 0.4) is 0 Å². The molecule has 0 atom stereocenters. The van der Waals surface area contributed by atoms with Gasteiger partial charge in [0.05, 0.1) is 33.5 Å². The van der Waals surface area contributed by atoms with E-state index in [0.717, 1.165) is 28.6 Å². The highest BCUT2D eigenvalue weighted by atomic mass is 35.5. The number of halogens is 1. The number of nitrogens with zero attached hydrogens (tertiary/aromatic N) is 3. The molecule has 4 rings (SSSR count). The summed E-state index contributed by atoms with van der Waals surface area (Å²) in [7, 11) is -4.09. The van der Waals surface area contributed by atoms with Gasteiger partial charge in [-0.15, -0.1) is 11.3 Å². The number of amides is 4. The lowest BCUT2D eigenvalue weighted by Gasteiger charge is -2.12. The quantitative estimate of drug-likeness (QED) is 0.566. The van der Waals surface area contributed by atoms with Crippen molar-refractivity contribution in [3.8, 4) is 0 Å². The Hall–Kier alpha value is -3.35. The van der Waals surface area contributed by atoms with Crippen LogP contribution < -0.4 is 14.9 Å². The first kappa shape index (κ1) is 19.9. The molecule has 0 aliphatic carbocycles. The molecule has 3 heterocycles. The second kappa shape index (κ2) is 7.48. The number of sulfonamides is 1. The van der Waals surface area contributed by atoms with Gasteiger partial charge in [-0.3, -0.25) is 9.59 Å². The number of imide groups is 1. The van der Waals surface area contributed by atoms with E-state index < -0.39 is 27.9 Å². The fraction of sp³-hybridized carbons (Fsp3) is 0. The van der Waals surface area contributed by atoms with Crippen molar-refractivity contribution >= 4 is 62.4 Å². The molecule has 0 bridgehead atoms. The fourth-order valence-electron chi connectivity index (χ4n) is 2.64. The minimum Gasteiger partial charge on any atom is -0.304 e. The number of rotatable bonds is 4. The van der Waals surface area contributed by atoms with Crippen LogP contribution in [0, 0.1) is 0 Å². The molecule has 2 aromatic heterocycles. The Kier molecular flexibility index (Phi) is 4.97. The summed E-state index contributed by atoms with van der Waals surface area (Å²) in [4.78, 5) is 45.5. The molecule has 0 fully saturated rings. The first-order valence-corrected chi connectivity index (χ1v) is 10.8. The van der Waals surface area contributed by atoms with Crippen molar-refractivity contribution in [1.82, 2.24) is 14.7 Å². The van der Waals surface area contributed by atoms with Gasteiger partial charge in [-0.25, -0.2) is 32.8 Å². The molecule has 3 aromatic rings. The van der Waals surface area contributed by atoms with Crippen LogP contribution in [-0.4, -0.2) is 36.2 Å². The van der Waals surface area contributed by atoms with E-state index in [1.807, 2.05) is 4.72 Å². The number of urea groups is 1. The summed E-state index contributed by atoms with van der Waals surface area (Å²) in [6.07, 6.45) is 2.28. The maximum atomic E-state index is 12.4. The van der Waals surface area contributed by atoms with Crippen molar-refractivity contribution in [3.63, 3.8) is 0 Å². The van der Waals surface area contributed by atoms with Crippen molar-refractivity contribution in [2.24, 2.45) is 0 Å². The highest BCUT2D eigenvalue weighted by Gasteiger charge is 2.37. The standard InChI is InChI=1S/C17H10ClN5O5S2/c18-12-5-6-13(29-12)30(27,28)22-17(26)21-9-7-19-16(20-8-9)23-14(24)10-3-1-2-4-11(10)15(23)25/h1-8H,(H2,21,22,26). The van der Waals surface area contributed by atoms with Gasteiger partial charge in [0.1, 0.15) is 4.21 Å². The van der Waals surface area contributed by atoms with E-state index in [-0.39, 0.29) is 31.3 Å². The van der Waals surface area contributed by atoms with E-state index in [1.54, 1.807) is 12.1 Å². The number of hydrogen-bond donors (Lipinski definition) is 2. The van der Waals surface area contributed by atoms with Crippen molar-refractivity contribution < 1.29 is 22.8 Å². The van der Waals surface area contributed by atoms with Gasteiger partial charge in [-0.1, -0.05) is 23.7 Å². The van der Waals surface area contributed by atoms with Crippen LogP contribution in [-0.2, 0) is 10.0 Å². The zero-order valence-corrected chi connectivity index (χ0v) is 17.1. The van der Waals surface area contributed by atoms with Gasteiger partial charge in [0.25, 0.3) is 21.8 Å². The van der Waals surface area contributed by atoms with Crippen molar-refractivity contribution in [2.45, 2.75) is 4.21 Å². The van der Waals surface area contributed by atoms with E-state index in [9.17, 15) is 22.8 Å². The molecule has 30 heavy (non-hydrogen) atoms. The summed E-state index contributed by atoms with van der Waals surface area (Å²) in [5.74, 6) is -1.29. The number of aromatic nitrogens is 2. The zero-order valence-electron chi connectivity index (χ0n) is 14.7. The highest BCUT2D eigenvalue weighted by Crippen LogP contribution is 2.27. The highest BCUT2D eigenvalue weighted by molar-refractivity contribution is 7.92. The van der Waals surface area contributed by atoms with Gasteiger partial charge in [0.2, 0.25) is 5.95 Å². The topological polar surface area (TPSA) is 138 Å². The molecule has 0 unspecified atom stereocenters. The molecule has 0 saturated carbocycles. The van der Waals surface area contributed by atoms with Gasteiger partial charge in [-0.2, -0.15) is 0 Å². The van der Waals surface area contributed by atoms with Gasteiger partial charge in [0.15, 0.2) is 0 Å². The summed E-state index contributed by atoms with van der Waals surface area (Å²) < 4.78 is 26.2. The lowest BCUT2D eigenvalue weighted by atomic mass is 10.1. The third-order valence-corrected chi connectivity index (χ3v) is 6.98. The van der Waals surface area contributed by atoms with Crippen molar-refractivity contribution in [3.05, 3.63) is 64.3 Å². The third-order valence-electron chi connectivity index (χ3n) is 3.93. The molecule has 0 radical (unpaired) electrons. The Morgan fingerprint density at radius 3 is 2.13 bits per heavy atom. The molecule has 0 saturated heterocycles. The van der Waals surface area contributed by atoms with Crippen LogP contribution in [0.5, 0.6) is 0 Å². The van der Waals surface area contributed by atoms with E-state index in [4.69, 9.17) is 11.6 Å². The Morgan fingerprint density at radius 1 is 1.00 bits per heavy atom. The number of fused-ring (bicyclic) bond motifs is 1. The second-order valence-electron chi connectivity index (χ2n) is 5.88. The number of carbonyl (C=O) groups excluding carboxylic acids is 3. The SMILES string of the molecule is O=C(Nc1cnc(N2C(=O)c3ccccc3C2=O)nc1)NS(=O)(=O)c1ccc(Cl)s1. The van der Waals surface area contributed by atoms with Crippen LogP contribution in [0.15, 0.2) is 53.0 Å². The maximum absolute atomic E-state index is 12.4. The van der Waals surface area contributed by atoms with Gasteiger partial charge < -0.3 is 5.32 Å². The summed E-state index contributed by atoms with van der Waals surface area (Å²) >= 11 is 6.50. The number of thiophene rings is 1. The fourth-order valence-corrected chi connectivity index (χ4v) is 5.03. The lowest BCUT2D eigenvalue weighted by Crippen LogP contribution is -2.34. The number of nitrogens with one attached hydrogen (secondary N) is 2. The lowest BCUT2D eigenvalue weighted by molar-refractivity contribution is 0.0923. The average molecular weight is 464 g/mol. The first-order valence-electron chi connectivity index (χ1n) is 8.15.